The summed E-state index contributed by atoms with van der Waals surface area (Å²) in [4.78, 5) is 7.62. The van der Waals surface area contributed by atoms with Crippen LogP contribution < -0.4 is 10.6 Å². The minimum atomic E-state index is 0. The molecule has 1 saturated carbocycles. The smallest absolute Gasteiger partial charge is 0.190 e. The third-order valence-corrected chi connectivity index (χ3v) is 4.09. The van der Waals surface area contributed by atoms with Crippen LogP contribution in [0.25, 0.3) is 10.9 Å². The lowest BCUT2D eigenvalue weighted by atomic mass is 10.1. The van der Waals surface area contributed by atoms with Crippen LogP contribution in [0.2, 0.25) is 0 Å². The second kappa shape index (κ2) is 7.85. The van der Waals surface area contributed by atoms with Crippen molar-refractivity contribution >= 4 is 40.8 Å². The number of guanidine groups is 1. The molecule has 0 unspecified atom stereocenters. The SMILES string of the molecule is CN=C(NCCc1c[nH]c2cc(C)ccc12)NCC1CC1.I. The molecular formula is C17H25IN4. The molecule has 2 aromatic rings. The minimum Gasteiger partial charge on any atom is -0.361 e. The lowest BCUT2D eigenvalue weighted by molar-refractivity contribution is 0.735. The Morgan fingerprint density at radius 1 is 1.32 bits per heavy atom. The monoisotopic (exact) mass is 412 g/mol. The van der Waals surface area contributed by atoms with E-state index in [1.54, 1.807) is 0 Å². The summed E-state index contributed by atoms with van der Waals surface area (Å²) in [6.07, 6.45) is 5.83. The summed E-state index contributed by atoms with van der Waals surface area (Å²) in [6, 6.07) is 6.57. The van der Waals surface area contributed by atoms with E-state index in [2.05, 4.69) is 51.9 Å². The molecule has 22 heavy (non-hydrogen) atoms. The standard InChI is InChI=1S/C17H24N4.HI/c1-12-3-6-15-14(11-20-16(15)9-12)7-8-19-17(18-2)21-10-13-4-5-13;/h3,6,9,11,13,20H,4-5,7-8,10H2,1-2H3,(H2,18,19,21);1H. The van der Waals surface area contributed by atoms with Crippen LogP contribution in [0.3, 0.4) is 0 Å². The van der Waals surface area contributed by atoms with E-state index in [-0.39, 0.29) is 24.0 Å². The van der Waals surface area contributed by atoms with Gasteiger partial charge in [-0.25, -0.2) is 0 Å². The van der Waals surface area contributed by atoms with Crippen molar-refractivity contribution in [2.45, 2.75) is 26.2 Å². The number of aryl methyl sites for hydroxylation is 1. The normalized spacial score (nSPS) is 14.7. The Morgan fingerprint density at radius 3 is 2.86 bits per heavy atom. The number of hydrogen-bond acceptors (Lipinski definition) is 1. The van der Waals surface area contributed by atoms with E-state index in [1.165, 1.54) is 34.9 Å². The fraction of sp³-hybridized carbons (Fsp3) is 0.471. The maximum Gasteiger partial charge on any atom is 0.190 e. The van der Waals surface area contributed by atoms with Crippen molar-refractivity contribution in [3.63, 3.8) is 0 Å². The van der Waals surface area contributed by atoms with Gasteiger partial charge < -0.3 is 15.6 Å². The first-order valence-electron chi connectivity index (χ1n) is 7.77. The molecule has 0 atom stereocenters. The number of aliphatic imine (C=N–C) groups is 1. The average molecular weight is 412 g/mol. The summed E-state index contributed by atoms with van der Waals surface area (Å²) < 4.78 is 0. The molecule has 0 amide bonds. The van der Waals surface area contributed by atoms with Crippen LogP contribution in [0.15, 0.2) is 29.4 Å². The summed E-state index contributed by atoms with van der Waals surface area (Å²) in [5, 5.41) is 8.10. The number of halogens is 1. The Hall–Kier alpha value is -1.24. The summed E-state index contributed by atoms with van der Waals surface area (Å²) in [5.41, 5.74) is 3.87. The lowest BCUT2D eigenvalue weighted by Gasteiger charge is -2.11. The lowest BCUT2D eigenvalue weighted by Crippen LogP contribution is -2.39. The van der Waals surface area contributed by atoms with Crippen molar-refractivity contribution in [1.29, 1.82) is 0 Å². The molecule has 1 aromatic carbocycles. The topological polar surface area (TPSA) is 52.2 Å². The molecule has 3 N–H and O–H groups in total. The summed E-state index contributed by atoms with van der Waals surface area (Å²) >= 11 is 0. The maximum absolute atomic E-state index is 4.27. The van der Waals surface area contributed by atoms with E-state index < -0.39 is 0 Å². The quantitative estimate of drug-likeness (QED) is 0.401. The van der Waals surface area contributed by atoms with Crippen LogP contribution in [-0.4, -0.2) is 31.1 Å². The predicted octanol–water partition coefficient (Wildman–Crippen LogP) is 3.21. The second-order valence-electron chi connectivity index (χ2n) is 5.94. The van der Waals surface area contributed by atoms with Crippen LogP contribution in [0.1, 0.15) is 24.0 Å². The Bertz CT molecular complexity index is 643. The molecule has 1 aliphatic rings. The molecule has 1 aliphatic carbocycles. The molecule has 1 heterocycles. The number of fused-ring (bicyclic) bond motifs is 1. The first-order chi connectivity index (χ1) is 10.3. The number of benzene rings is 1. The number of hydrogen-bond donors (Lipinski definition) is 3. The van der Waals surface area contributed by atoms with Gasteiger partial charge in [0.15, 0.2) is 5.96 Å². The highest BCUT2D eigenvalue weighted by atomic mass is 127. The van der Waals surface area contributed by atoms with E-state index in [4.69, 9.17) is 0 Å². The molecule has 0 saturated heterocycles. The number of aromatic nitrogens is 1. The molecule has 0 radical (unpaired) electrons. The highest BCUT2D eigenvalue weighted by molar-refractivity contribution is 14.0. The zero-order valence-corrected chi connectivity index (χ0v) is 15.6. The fourth-order valence-corrected chi connectivity index (χ4v) is 2.61. The van der Waals surface area contributed by atoms with E-state index in [1.807, 2.05) is 7.05 Å². The highest BCUT2D eigenvalue weighted by Gasteiger charge is 2.20. The fourth-order valence-electron chi connectivity index (χ4n) is 2.61. The molecule has 1 fully saturated rings. The van der Waals surface area contributed by atoms with Gasteiger partial charge in [-0.1, -0.05) is 12.1 Å². The molecule has 3 rings (SSSR count). The average Bonchev–Trinajstić information content (AvgIpc) is 3.23. The third kappa shape index (κ3) is 4.38. The highest BCUT2D eigenvalue weighted by Crippen LogP contribution is 2.27. The van der Waals surface area contributed by atoms with E-state index >= 15 is 0 Å². The molecule has 0 aliphatic heterocycles. The number of H-pyrrole nitrogens is 1. The van der Waals surface area contributed by atoms with Crippen molar-refractivity contribution in [1.82, 2.24) is 15.6 Å². The van der Waals surface area contributed by atoms with Crippen LogP contribution in [-0.2, 0) is 6.42 Å². The predicted molar refractivity (Wildman–Crippen MR) is 104 cm³/mol. The first kappa shape index (κ1) is 17.1. The van der Waals surface area contributed by atoms with Gasteiger partial charge in [-0.05, 0) is 49.3 Å². The minimum absolute atomic E-state index is 0. The number of nitrogens with zero attached hydrogens (tertiary/aromatic N) is 1. The van der Waals surface area contributed by atoms with Gasteiger partial charge in [0.05, 0.1) is 0 Å². The van der Waals surface area contributed by atoms with Crippen LogP contribution in [0.4, 0.5) is 0 Å². The van der Waals surface area contributed by atoms with Gasteiger partial charge >= 0.3 is 0 Å². The van der Waals surface area contributed by atoms with Crippen molar-refractivity contribution in [3.8, 4) is 0 Å². The zero-order chi connectivity index (χ0) is 14.7. The largest absolute Gasteiger partial charge is 0.361 e. The molecule has 5 heteroatoms. The van der Waals surface area contributed by atoms with Crippen molar-refractivity contribution in [3.05, 3.63) is 35.5 Å². The Morgan fingerprint density at radius 2 is 2.14 bits per heavy atom. The number of rotatable bonds is 5. The van der Waals surface area contributed by atoms with Gasteiger partial charge in [-0.2, -0.15) is 0 Å². The van der Waals surface area contributed by atoms with Crippen molar-refractivity contribution < 1.29 is 0 Å². The van der Waals surface area contributed by atoms with Gasteiger partial charge in [0.1, 0.15) is 0 Å². The van der Waals surface area contributed by atoms with Gasteiger partial charge in [-0.3, -0.25) is 4.99 Å². The Kier molecular flexibility index (Phi) is 6.11. The zero-order valence-electron chi connectivity index (χ0n) is 13.3. The molecule has 1 aromatic heterocycles. The number of aromatic amines is 1. The summed E-state index contributed by atoms with van der Waals surface area (Å²) in [5.74, 6) is 1.78. The van der Waals surface area contributed by atoms with Crippen LogP contribution in [0, 0.1) is 12.8 Å². The first-order valence-corrected chi connectivity index (χ1v) is 7.77. The van der Waals surface area contributed by atoms with E-state index in [9.17, 15) is 0 Å². The van der Waals surface area contributed by atoms with Crippen LogP contribution >= 0.6 is 24.0 Å². The second-order valence-corrected chi connectivity index (χ2v) is 5.94. The number of nitrogens with one attached hydrogen (secondary N) is 3. The van der Waals surface area contributed by atoms with Crippen molar-refractivity contribution in [2.75, 3.05) is 20.1 Å². The van der Waals surface area contributed by atoms with Gasteiger partial charge in [0.25, 0.3) is 0 Å². The van der Waals surface area contributed by atoms with Crippen LogP contribution in [0.5, 0.6) is 0 Å². The molecular weight excluding hydrogens is 387 g/mol. The Labute approximate surface area is 149 Å². The molecule has 0 bridgehead atoms. The third-order valence-electron chi connectivity index (χ3n) is 4.09. The van der Waals surface area contributed by atoms with Gasteiger partial charge in [-0.15, -0.1) is 24.0 Å². The molecule has 120 valence electrons. The molecule has 4 nitrogen and oxygen atoms in total. The van der Waals surface area contributed by atoms with Crippen molar-refractivity contribution in [2.24, 2.45) is 10.9 Å². The van der Waals surface area contributed by atoms with E-state index in [0.29, 0.717) is 0 Å². The summed E-state index contributed by atoms with van der Waals surface area (Å²) in [6.45, 7) is 4.06. The van der Waals surface area contributed by atoms with Gasteiger partial charge in [0.2, 0.25) is 0 Å². The molecule has 0 spiro atoms. The van der Waals surface area contributed by atoms with Gasteiger partial charge in [0, 0.05) is 37.2 Å². The maximum atomic E-state index is 4.27. The summed E-state index contributed by atoms with van der Waals surface area (Å²) in [7, 11) is 1.83. The van der Waals surface area contributed by atoms with E-state index in [0.717, 1.165) is 31.4 Å². The Balaban J connectivity index is 0.00000176.